The monoisotopic (exact) mass is 346 g/mol. The highest BCUT2D eigenvalue weighted by Gasteiger charge is 2.18. The van der Waals surface area contributed by atoms with E-state index in [1.807, 2.05) is 44.2 Å². The molecule has 1 amide bonds. The SMILES string of the molecule is Cc1ccc(C(NC(=O)CCS(C)(=O)=O)c2cccnc2)cc1C. The maximum absolute atomic E-state index is 12.2. The lowest BCUT2D eigenvalue weighted by Crippen LogP contribution is -2.30. The van der Waals surface area contributed by atoms with Gasteiger partial charge in [-0.05, 0) is 42.2 Å². The van der Waals surface area contributed by atoms with Crippen molar-refractivity contribution in [2.75, 3.05) is 12.0 Å². The zero-order valence-electron chi connectivity index (χ0n) is 14.1. The number of hydrogen-bond acceptors (Lipinski definition) is 4. The Kier molecular flexibility index (Phi) is 5.72. The predicted octanol–water partition coefficient (Wildman–Crippen LogP) is 2.34. The third-order valence-electron chi connectivity index (χ3n) is 3.89. The summed E-state index contributed by atoms with van der Waals surface area (Å²) in [7, 11) is -3.17. The van der Waals surface area contributed by atoms with E-state index in [0.29, 0.717) is 0 Å². The highest BCUT2D eigenvalue weighted by atomic mass is 32.2. The van der Waals surface area contributed by atoms with Crippen LogP contribution in [-0.2, 0) is 14.6 Å². The summed E-state index contributed by atoms with van der Waals surface area (Å²) in [5, 5.41) is 2.93. The Bertz CT molecular complexity index is 817. The maximum Gasteiger partial charge on any atom is 0.221 e. The van der Waals surface area contributed by atoms with Crippen molar-refractivity contribution in [3.05, 3.63) is 65.0 Å². The number of nitrogens with zero attached hydrogens (tertiary/aromatic N) is 1. The lowest BCUT2D eigenvalue weighted by atomic mass is 9.96. The molecule has 128 valence electrons. The zero-order chi connectivity index (χ0) is 17.7. The summed E-state index contributed by atoms with van der Waals surface area (Å²) in [5.41, 5.74) is 4.10. The van der Waals surface area contributed by atoms with Crippen LogP contribution >= 0.6 is 0 Å². The minimum atomic E-state index is -3.17. The summed E-state index contributed by atoms with van der Waals surface area (Å²) in [6, 6.07) is 9.36. The van der Waals surface area contributed by atoms with Gasteiger partial charge in [-0.25, -0.2) is 8.42 Å². The molecule has 1 unspecified atom stereocenters. The number of benzene rings is 1. The number of carbonyl (C=O) groups excluding carboxylic acids is 1. The van der Waals surface area contributed by atoms with E-state index in [4.69, 9.17) is 0 Å². The molecular weight excluding hydrogens is 324 g/mol. The second-order valence-corrected chi connectivity index (χ2v) is 8.27. The molecule has 0 saturated heterocycles. The van der Waals surface area contributed by atoms with E-state index in [2.05, 4.69) is 10.3 Å². The minimum absolute atomic E-state index is 0.0551. The summed E-state index contributed by atoms with van der Waals surface area (Å²) in [5.74, 6) is -0.460. The van der Waals surface area contributed by atoms with Gasteiger partial charge in [0, 0.05) is 25.1 Å². The molecule has 2 aromatic rings. The van der Waals surface area contributed by atoms with E-state index in [1.54, 1.807) is 12.4 Å². The lowest BCUT2D eigenvalue weighted by molar-refractivity contribution is -0.121. The van der Waals surface area contributed by atoms with E-state index < -0.39 is 9.84 Å². The average Bonchev–Trinajstić information content (AvgIpc) is 2.53. The van der Waals surface area contributed by atoms with Gasteiger partial charge in [0.25, 0.3) is 0 Å². The minimum Gasteiger partial charge on any atom is -0.345 e. The van der Waals surface area contributed by atoms with E-state index in [-0.39, 0.29) is 24.1 Å². The fraction of sp³-hybridized carbons (Fsp3) is 0.333. The van der Waals surface area contributed by atoms with Crippen LogP contribution in [0.15, 0.2) is 42.7 Å². The van der Waals surface area contributed by atoms with Gasteiger partial charge in [0.1, 0.15) is 9.84 Å². The van der Waals surface area contributed by atoms with Crippen LogP contribution in [0.5, 0.6) is 0 Å². The van der Waals surface area contributed by atoms with Gasteiger partial charge in [0.05, 0.1) is 11.8 Å². The second kappa shape index (κ2) is 7.57. The Morgan fingerprint density at radius 2 is 1.92 bits per heavy atom. The number of nitrogens with one attached hydrogen (secondary N) is 1. The fourth-order valence-corrected chi connectivity index (χ4v) is 2.92. The number of pyridine rings is 1. The van der Waals surface area contributed by atoms with Crippen molar-refractivity contribution in [2.24, 2.45) is 0 Å². The molecular formula is C18H22N2O3S. The van der Waals surface area contributed by atoms with Crippen molar-refractivity contribution in [3.63, 3.8) is 0 Å². The first-order chi connectivity index (χ1) is 11.3. The zero-order valence-corrected chi connectivity index (χ0v) is 14.9. The van der Waals surface area contributed by atoms with Crippen molar-refractivity contribution in [3.8, 4) is 0 Å². The van der Waals surface area contributed by atoms with Crippen molar-refractivity contribution >= 4 is 15.7 Å². The molecule has 1 aromatic heterocycles. The summed E-state index contributed by atoms with van der Waals surface area (Å²) in [6.07, 6.45) is 4.45. The summed E-state index contributed by atoms with van der Waals surface area (Å²) in [4.78, 5) is 16.3. The molecule has 0 aliphatic heterocycles. The van der Waals surface area contributed by atoms with Crippen LogP contribution in [0.1, 0.15) is 34.7 Å². The summed E-state index contributed by atoms with van der Waals surface area (Å²) < 4.78 is 22.5. The maximum atomic E-state index is 12.2. The first-order valence-electron chi connectivity index (χ1n) is 7.70. The third kappa shape index (κ3) is 5.16. The molecule has 2 rings (SSSR count). The van der Waals surface area contributed by atoms with Gasteiger partial charge < -0.3 is 5.32 Å². The molecule has 0 bridgehead atoms. The highest BCUT2D eigenvalue weighted by Crippen LogP contribution is 2.23. The third-order valence-corrected chi connectivity index (χ3v) is 4.83. The number of hydrogen-bond donors (Lipinski definition) is 1. The topological polar surface area (TPSA) is 76.1 Å². The Hall–Kier alpha value is -2.21. The molecule has 6 heteroatoms. The molecule has 1 N–H and O–H groups in total. The average molecular weight is 346 g/mol. The first-order valence-corrected chi connectivity index (χ1v) is 9.76. The Balaban J connectivity index is 2.27. The number of sulfone groups is 1. The molecule has 0 radical (unpaired) electrons. The van der Waals surface area contributed by atoms with Crippen molar-refractivity contribution in [1.82, 2.24) is 10.3 Å². The van der Waals surface area contributed by atoms with Crippen molar-refractivity contribution in [2.45, 2.75) is 26.3 Å². The number of aromatic nitrogens is 1. The van der Waals surface area contributed by atoms with Gasteiger partial charge in [-0.1, -0.05) is 24.3 Å². The lowest BCUT2D eigenvalue weighted by Gasteiger charge is -2.20. The normalized spacial score (nSPS) is 12.6. The quantitative estimate of drug-likeness (QED) is 0.871. The number of carbonyl (C=O) groups is 1. The smallest absolute Gasteiger partial charge is 0.221 e. The van der Waals surface area contributed by atoms with Crippen LogP contribution in [-0.4, -0.2) is 31.3 Å². The molecule has 0 spiro atoms. The van der Waals surface area contributed by atoms with Gasteiger partial charge in [0.15, 0.2) is 0 Å². The fourth-order valence-electron chi connectivity index (χ4n) is 2.36. The number of aryl methyl sites for hydroxylation is 2. The summed E-state index contributed by atoms with van der Waals surface area (Å²) in [6.45, 7) is 4.05. The molecule has 0 aliphatic rings. The largest absolute Gasteiger partial charge is 0.345 e. The van der Waals surface area contributed by atoms with Gasteiger partial charge in [-0.2, -0.15) is 0 Å². The van der Waals surface area contributed by atoms with Gasteiger partial charge in [0.2, 0.25) is 5.91 Å². The van der Waals surface area contributed by atoms with Crippen LogP contribution in [0.2, 0.25) is 0 Å². The number of amides is 1. The van der Waals surface area contributed by atoms with Crippen molar-refractivity contribution < 1.29 is 13.2 Å². The Morgan fingerprint density at radius 1 is 1.17 bits per heavy atom. The summed E-state index contributed by atoms with van der Waals surface area (Å²) >= 11 is 0. The van der Waals surface area contributed by atoms with E-state index >= 15 is 0 Å². The first kappa shape index (κ1) is 18.1. The second-order valence-electron chi connectivity index (χ2n) is 6.01. The van der Waals surface area contributed by atoms with Crippen LogP contribution in [0.4, 0.5) is 0 Å². The molecule has 0 saturated carbocycles. The molecule has 5 nitrogen and oxygen atoms in total. The van der Waals surface area contributed by atoms with Crippen LogP contribution in [0.3, 0.4) is 0 Å². The van der Waals surface area contributed by atoms with Gasteiger partial charge >= 0.3 is 0 Å². The molecule has 0 aliphatic carbocycles. The van der Waals surface area contributed by atoms with Crippen molar-refractivity contribution in [1.29, 1.82) is 0 Å². The van der Waals surface area contributed by atoms with Gasteiger partial charge in [-0.3, -0.25) is 9.78 Å². The standard InChI is InChI=1S/C18H22N2O3S/c1-13-6-7-15(11-14(13)2)18(16-5-4-9-19-12-16)20-17(21)8-10-24(3,22)23/h4-7,9,11-12,18H,8,10H2,1-3H3,(H,20,21). The van der Waals surface area contributed by atoms with E-state index in [0.717, 1.165) is 22.9 Å². The molecule has 0 fully saturated rings. The molecule has 1 heterocycles. The molecule has 24 heavy (non-hydrogen) atoms. The van der Waals surface area contributed by atoms with Gasteiger partial charge in [-0.15, -0.1) is 0 Å². The van der Waals surface area contributed by atoms with E-state index in [9.17, 15) is 13.2 Å². The van der Waals surface area contributed by atoms with Crippen LogP contribution < -0.4 is 5.32 Å². The van der Waals surface area contributed by atoms with E-state index in [1.165, 1.54) is 5.56 Å². The Morgan fingerprint density at radius 3 is 2.50 bits per heavy atom. The van der Waals surface area contributed by atoms with Crippen LogP contribution in [0, 0.1) is 13.8 Å². The highest BCUT2D eigenvalue weighted by molar-refractivity contribution is 7.90. The number of rotatable bonds is 6. The predicted molar refractivity (Wildman–Crippen MR) is 94.5 cm³/mol. The molecule has 1 aromatic carbocycles. The Labute approximate surface area is 143 Å². The van der Waals surface area contributed by atoms with Crippen LogP contribution in [0.25, 0.3) is 0 Å². The molecule has 1 atom stereocenters.